The second kappa shape index (κ2) is 6.41. The van der Waals surface area contributed by atoms with Crippen LogP contribution in [0.1, 0.15) is 46.5 Å². The molecule has 0 unspecified atom stereocenters. The third-order valence-electron chi connectivity index (χ3n) is 2.89. The van der Waals surface area contributed by atoms with Crippen molar-refractivity contribution in [1.29, 1.82) is 0 Å². The summed E-state index contributed by atoms with van der Waals surface area (Å²) in [6.45, 7) is 10.4. The number of nitrogens with zero attached hydrogens (tertiary/aromatic N) is 1. The molecule has 1 aliphatic rings. The van der Waals surface area contributed by atoms with Gasteiger partial charge in [-0.3, -0.25) is 0 Å². The van der Waals surface area contributed by atoms with Crippen molar-refractivity contribution in [2.75, 3.05) is 19.6 Å². The second-order valence-corrected chi connectivity index (χ2v) is 4.68. The fourth-order valence-corrected chi connectivity index (χ4v) is 1.87. The van der Waals surface area contributed by atoms with E-state index in [0.29, 0.717) is 6.04 Å². The Morgan fingerprint density at radius 1 is 1.29 bits per heavy atom. The summed E-state index contributed by atoms with van der Waals surface area (Å²) in [5.41, 5.74) is 0. The lowest BCUT2D eigenvalue weighted by Crippen LogP contribution is -2.28. The molecule has 0 atom stereocenters. The molecule has 84 valence electrons. The Kier molecular flexibility index (Phi) is 5.49. The standard InChI is InChI=1S/C12H26N2/c1-4-14(12-7-8-12)10-6-5-9-13-11(2)3/h11-13H,4-10H2,1-3H3. The minimum Gasteiger partial charge on any atom is -0.315 e. The monoisotopic (exact) mass is 198 g/mol. The minimum atomic E-state index is 0.640. The first-order valence-electron chi connectivity index (χ1n) is 6.21. The Morgan fingerprint density at radius 3 is 2.50 bits per heavy atom. The lowest BCUT2D eigenvalue weighted by atomic mass is 10.2. The van der Waals surface area contributed by atoms with E-state index in [0.717, 1.165) is 6.04 Å². The first kappa shape index (κ1) is 12.0. The van der Waals surface area contributed by atoms with E-state index in [2.05, 4.69) is 31.0 Å². The molecule has 0 radical (unpaired) electrons. The maximum atomic E-state index is 3.46. The van der Waals surface area contributed by atoms with Crippen LogP contribution in [-0.2, 0) is 0 Å². The van der Waals surface area contributed by atoms with E-state index in [1.165, 1.54) is 45.3 Å². The fraction of sp³-hybridized carbons (Fsp3) is 1.00. The highest BCUT2D eigenvalue weighted by Crippen LogP contribution is 2.26. The lowest BCUT2D eigenvalue weighted by Gasteiger charge is -2.19. The number of hydrogen-bond donors (Lipinski definition) is 1. The zero-order valence-corrected chi connectivity index (χ0v) is 10.1. The average molecular weight is 198 g/mol. The van der Waals surface area contributed by atoms with Gasteiger partial charge in [0.15, 0.2) is 0 Å². The van der Waals surface area contributed by atoms with Crippen LogP contribution in [0.25, 0.3) is 0 Å². The Hall–Kier alpha value is -0.0800. The predicted molar refractivity (Wildman–Crippen MR) is 62.6 cm³/mol. The largest absolute Gasteiger partial charge is 0.315 e. The fourth-order valence-electron chi connectivity index (χ4n) is 1.87. The van der Waals surface area contributed by atoms with Gasteiger partial charge in [0.25, 0.3) is 0 Å². The van der Waals surface area contributed by atoms with Gasteiger partial charge in [0, 0.05) is 12.1 Å². The summed E-state index contributed by atoms with van der Waals surface area (Å²) in [4.78, 5) is 2.63. The molecule has 0 aromatic carbocycles. The van der Waals surface area contributed by atoms with Gasteiger partial charge < -0.3 is 10.2 Å². The molecule has 1 N–H and O–H groups in total. The number of unbranched alkanes of at least 4 members (excludes halogenated alkanes) is 1. The van der Waals surface area contributed by atoms with Gasteiger partial charge in [0.05, 0.1) is 0 Å². The lowest BCUT2D eigenvalue weighted by molar-refractivity contribution is 0.271. The Morgan fingerprint density at radius 2 is 2.00 bits per heavy atom. The van der Waals surface area contributed by atoms with Crippen LogP contribution in [0.2, 0.25) is 0 Å². The van der Waals surface area contributed by atoms with E-state index in [9.17, 15) is 0 Å². The van der Waals surface area contributed by atoms with E-state index in [-0.39, 0.29) is 0 Å². The Bertz CT molecular complexity index is 141. The molecule has 0 bridgehead atoms. The smallest absolute Gasteiger partial charge is 0.00963 e. The molecule has 0 amide bonds. The quantitative estimate of drug-likeness (QED) is 0.602. The zero-order valence-electron chi connectivity index (χ0n) is 10.1. The maximum Gasteiger partial charge on any atom is 0.00963 e. The molecule has 14 heavy (non-hydrogen) atoms. The van der Waals surface area contributed by atoms with Crippen molar-refractivity contribution in [2.24, 2.45) is 0 Å². The third-order valence-corrected chi connectivity index (χ3v) is 2.89. The van der Waals surface area contributed by atoms with Crippen LogP contribution in [0.15, 0.2) is 0 Å². The molecule has 1 saturated carbocycles. The summed E-state index contributed by atoms with van der Waals surface area (Å²) >= 11 is 0. The summed E-state index contributed by atoms with van der Waals surface area (Å²) in [7, 11) is 0. The van der Waals surface area contributed by atoms with Gasteiger partial charge in [0.1, 0.15) is 0 Å². The molecule has 1 rings (SSSR count). The molecule has 2 heteroatoms. The normalized spacial score (nSPS) is 16.9. The van der Waals surface area contributed by atoms with Crippen LogP contribution in [0, 0.1) is 0 Å². The summed E-state index contributed by atoms with van der Waals surface area (Å²) < 4.78 is 0. The average Bonchev–Trinajstić information content (AvgIpc) is 2.94. The van der Waals surface area contributed by atoms with Crippen LogP contribution in [-0.4, -0.2) is 36.6 Å². The van der Waals surface area contributed by atoms with Gasteiger partial charge in [0.2, 0.25) is 0 Å². The predicted octanol–water partition coefficient (Wildman–Crippen LogP) is 2.25. The van der Waals surface area contributed by atoms with Gasteiger partial charge in [-0.15, -0.1) is 0 Å². The van der Waals surface area contributed by atoms with E-state index >= 15 is 0 Å². The van der Waals surface area contributed by atoms with E-state index in [1.54, 1.807) is 0 Å². The molecule has 2 nitrogen and oxygen atoms in total. The van der Waals surface area contributed by atoms with E-state index in [1.807, 2.05) is 0 Å². The third kappa shape index (κ3) is 4.97. The summed E-state index contributed by atoms with van der Waals surface area (Å²) in [6, 6.07) is 1.58. The highest BCUT2D eigenvalue weighted by molar-refractivity contribution is 4.83. The first-order chi connectivity index (χ1) is 6.74. The van der Waals surface area contributed by atoms with E-state index < -0.39 is 0 Å². The van der Waals surface area contributed by atoms with Crippen molar-refractivity contribution in [1.82, 2.24) is 10.2 Å². The summed E-state index contributed by atoms with van der Waals surface area (Å²) in [5.74, 6) is 0. The molecule has 0 spiro atoms. The van der Waals surface area contributed by atoms with Crippen molar-refractivity contribution in [2.45, 2.75) is 58.5 Å². The highest BCUT2D eigenvalue weighted by Gasteiger charge is 2.26. The maximum absolute atomic E-state index is 3.46. The summed E-state index contributed by atoms with van der Waals surface area (Å²) in [5, 5.41) is 3.46. The van der Waals surface area contributed by atoms with Crippen LogP contribution >= 0.6 is 0 Å². The summed E-state index contributed by atoms with van der Waals surface area (Å²) in [6.07, 6.45) is 5.56. The molecule has 0 saturated heterocycles. The van der Waals surface area contributed by atoms with Crippen LogP contribution in [0.4, 0.5) is 0 Å². The minimum absolute atomic E-state index is 0.640. The van der Waals surface area contributed by atoms with Crippen molar-refractivity contribution in [3.8, 4) is 0 Å². The molecule has 1 fully saturated rings. The van der Waals surface area contributed by atoms with Crippen molar-refractivity contribution in [3.63, 3.8) is 0 Å². The highest BCUT2D eigenvalue weighted by atomic mass is 15.2. The molecule has 1 aliphatic carbocycles. The van der Waals surface area contributed by atoms with Crippen LogP contribution < -0.4 is 5.32 Å². The zero-order chi connectivity index (χ0) is 10.4. The SMILES string of the molecule is CCN(CCCCNC(C)C)C1CC1. The van der Waals surface area contributed by atoms with Crippen LogP contribution in [0.5, 0.6) is 0 Å². The first-order valence-corrected chi connectivity index (χ1v) is 6.21. The number of rotatable bonds is 8. The molecular formula is C12H26N2. The number of nitrogens with one attached hydrogen (secondary N) is 1. The van der Waals surface area contributed by atoms with E-state index in [4.69, 9.17) is 0 Å². The molecule has 0 heterocycles. The van der Waals surface area contributed by atoms with Crippen molar-refractivity contribution < 1.29 is 0 Å². The van der Waals surface area contributed by atoms with Gasteiger partial charge in [-0.2, -0.15) is 0 Å². The molecule has 0 aliphatic heterocycles. The second-order valence-electron chi connectivity index (χ2n) is 4.68. The Balaban J connectivity index is 1.91. The number of hydrogen-bond acceptors (Lipinski definition) is 2. The van der Waals surface area contributed by atoms with Crippen molar-refractivity contribution >= 4 is 0 Å². The van der Waals surface area contributed by atoms with Crippen molar-refractivity contribution in [3.05, 3.63) is 0 Å². The van der Waals surface area contributed by atoms with Gasteiger partial charge >= 0.3 is 0 Å². The van der Waals surface area contributed by atoms with Crippen LogP contribution in [0.3, 0.4) is 0 Å². The van der Waals surface area contributed by atoms with Gasteiger partial charge in [-0.1, -0.05) is 20.8 Å². The topological polar surface area (TPSA) is 15.3 Å². The van der Waals surface area contributed by atoms with Gasteiger partial charge in [-0.05, 0) is 45.3 Å². The molecule has 0 aromatic heterocycles. The molecule has 0 aromatic rings. The molecular weight excluding hydrogens is 172 g/mol. The van der Waals surface area contributed by atoms with Gasteiger partial charge in [-0.25, -0.2) is 0 Å². The Labute approximate surface area is 89.1 Å².